The Balaban J connectivity index is 1.43. The fraction of sp³-hybridized carbons (Fsp3) is 0.440. The minimum atomic E-state index is -0.821. The number of aromatic nitrogens is 5. The average molecular weight is 497 g/mol. The van der Waals surface area contributed by atoms with E-state index < -0.39 is 5.97 Å². The lowest BCUT2D eigenvalue weighted by Crippen LogP contribution is -2.24. The van der Waals surface area contributed by atoms with E-state index in [1.54, 1.807) is 6.20 Å². The molecule has 0 bridgehead atoms. The number of aliphatic carboxylic acids is 1. The van der Waals surface area contributed by atoms with Crippen LogP contribution in [0.5, 0.6) is 0 Å². The highest BCUT2D eigenvalue weighted by Crippen LogP contribution is 2.39. The van der Waals surface area contributed by atoms with Crippen LogP contribution in [0.2, 0.25) is 5.02 Å². The van der Waals surface area contributed by atoms with Crippen LogP contribution in [0.25, 0.3) is 28.4 Å². The Kier molecular flexibility index (Phi) is 6.14. The normalized spacial score (nSPS) is 15.0. The first-order valence-corrected chi connectivity index (χ1v) is 12.3. The third-order valence-electron chi connectivity index (χ3n) is 6.66. The summed E-state index contributed by atoms with van der Waals surface area (Å²) in [5, 5.41) is 22.4. The highest BCUT2D eigenvalue weighted by Gasteiger charge is 2.32. The van der Waals surface area contributed by atoms with Gasteiger partial charge >= 0.3 is 5.97 Å². The van der Waals surface area contributed by atoms with Gasteiger partial charge in [0, 0.05) is 42.5 Å². The van der Waals surface area contributed by atoms with Crippen LogP contribution in [0, 0.1) is 5.41 Å². The molecule has 1 aliphatic carbocycles. The van der Waals surface area contributed by atoms with Gasteiger partial charge in [-0.2, -0.15) is 10.1 Å². The number of aryl methyl sites for hydroxylation is 1. The summed E-state index contributed by atoms with van der Waals surface area (Å²) in [6.07, 6.45) is 4.88. The largest absolute Gasteiger partial charge is 0.481 e. The Hall–Kier alpha value is -3.17. The molecule has 0 saturated heterocycles. The second kappa shape index (κ2) is 9.13. The zero-order chi connectivity index (χ0) is 24.7. The highest BCUT2D eigenvalue weighted by atomic mass is 35.5. The Labute approximate surface area is 208 Å². The lowest BCUT2D eigenvalue weighted by atomic mass is 9.76. The quantitative estimate of drug-likeness (QED) is 0.342. The molecule has 3 aromatic heterocycles. The lowest BCUT2D eigenvalue weighted by molar-refractivity contribution is -0.136. The number of nitrogens with zero attached hydrogens (tertiary/aromatic N) is 5. The van der Waals surface area contributed by atoms with Gasteiger partial charge in [-0.3, -0.25) is 14.0 Å². The van der Waals surface area contributed by atoms with Crippen LogP contribution >= 0.6 is 11.6 Å². The molecule has 4 aromatic rings. The number of halogens is 1. The molecule has 9 nitrogen and oxygen atoms in total. The number of carboxylic acid groups (broad SMARTS) is 1. The molecule has 5 rings (SSSR count). The minimum Gasteiger partial charge on any atom is -0.481 e. The molecule has 0 aliphatic heterocycles. The van der Waals surface area contributed by atoms with E-state index in [4.69, 9.17) is 26.3 Å². The molecule has 0 atom stereocenters. The zero-order valence-corrected chi connectivity index (χ0v) is 20.9. The Morgan fingerprint density at radius 2 is 2.17 bits per heavy atom. The van der Waals surface area contributed by atoms with Gasteiger partial charge in [-0.25, -0.2) is 0 Å². The molecule has 1 aromatic carbocycles. The molecule has 0 fully saturated rings. The predicted octanol–water partition coefficient (Wildman–Crippen LogP) is 4.63. The van der Waals surface area contributed by atoms with Crippen LogP contribution in [-0.4, -0.2) is 42.1 Å². The molecule has 1 aliphatic rings. The van der Waals surface area contributed by atoms with Gasteiger partial charge in [0.05, 0.1) is 17.0 Å². The van der Waals surface area contributed by atoms with Gasteiger partial charge in [0.2, 0.25) is 0 Å². The number of rotatable bonds is 8. The lowest BCUT2D eigenvalue weighted by Gasteiger charge is -2.30. The smallest absolute Gasteiger partial charge is 0.304 e. The monoisotopic (exact) mass is 496 g/mol. The summed E-state index contributed by atoms with van der Waals surface area (Å²) in [5.41, 5.74) is 5.36. The van der Waals surface area contributed by atoms with Crippen molar-refractivity contribution >= 4 is 28.5 Å². The van der Waals surface area contributed by atoms with E-state index in [1.165, 1.54) is 11.3 Å². The molecule has 184 valence electrons. The van der Waals surface area contributed by atoms with E-state index in [2.05, 4.69) is 40.9 Å². The van der Waals surface area contributed by atoms with Gasteiger partial charge in [0.25, 0.3) is 11.8 Å². The third kappa shape index (κ3) is 4.58. The second-order valence-corrected chi connectivity index (χ2v) is 10.3. The summed E-state index contributed by atoms with van der Waals surface area (Å²) in [6, 6.07) is 5.93. The van der Waals surface area contributed by atoms with Crippen molar-refractivity contribution in [1.29, 1.82) is 0 Å². The van der Waals surface area contributed by atoms with E-state index in [1.807, 2.05) is 22.8 Å². The van der Waals surface area contributed by atoms with Gasteiger partial charge < -0.3 is 14.9 Å². The van der Waals surface area contributed by atoms with Crippen LogP contribution in [0.15, 0.2) is 28.9 Å². The topological polar surface area (TPSA) is 111 Å². The van der Waals surface area contributed by atoms with Crippen molar-refractivity contribution in [3.8, 4) is 17.5 Å². The number of nitrogens with one attached hydrogen (secondary N) is 1. The summed E-state index contributed by atoms with van der Waals surface area (Å²) >= 11 is 6.55. The summed E-state index contributed by atoms with van der Waals surface area (Å²) in [7, 11) is 0. The first kappa shape index (κ1) is 23.6. The molecule has 0 amide bonds. The van der Waals surface area contributed by atoms with Crippen molar-refractivity contribution in [3.63, 3.8) is 0 Å². The van der Waals surface area contributed by atoms with Gasteiger partial charge in [0.15, 0.2) is 5.69 Å². The molecule has 0 radical (unpaired) electrons. The average Bonchev–Trinajstić information content (AvgIpc) is 3.51. The van der Waals surface area contributed by atoms with Crippen LogP contribution < -0.4 is 5.32 Å². The van der Waals surface area contributed by atoms with Crippen molar-refractivity contribution in [2.45, 2.75) is 59.5 Å². The van der Waals surface area contributed by atoms with Crippen LogP contribution in [0.1, 0.15) is 50.4 Å². The fourth-order valence-electron chi connectivity index (χ4n) is 4.78. The van der Waals surface area contributed by atoms with Crippen LogP contribution in [0.3, 0.4) is 0 Å². The van der Waals surface area contributed by atoms with Gasteiger partial charge in [0.1, 0.15) is 0 Å². The third-order valence-corrected chi connectivity index (χ3v) is 6.96. The van der Waals surface area contributed by atoms with E-state index in [0.29, 0.717) is 30.0 Å². The van der Waals surface area contributed by atoms with Crippen LogP contribution in [0.4, 0.5) is 0 Å². The molecule has 0 unspecified atom stereocenters. The maximum absolute atomic E-state index is 10.7. The summed E-state index contributed by atoms with van der Waals surface area (Å²) in [4.78, 5) is 15.4. The number of carboxylic acids is 1. The summed E-state index contributed by atoms with van der Waals surface area (Å²) < 4.78 is 9.57. The van der Waals surface area contributed by atoms with E-state index >= 15 is 0 Å². The molecule has 3 heterocycles. The van der Waals surface area contributed by atoms with E-state index in [-0.39, 0.29) is 11.8 Å². The highest BCUT2D eigenvalue weighted by molar-refractivity contribution is 6.35. The van der Waals surface area contributed by atoms with Crippen molar-refractivity contribution in [3.05, 3.63) is 46.2 Å². The van der Waals surface area contributed by atoms with Gasteiger partial charge in [-0.05, 0) is 54.5 Å². The summed E-state index contributed by atoms with van der Waals surface area (Å²) in [6.45, 7) is 8.45. The number of benzene rings is 1. The van der Waals surface area contributed by atoms with Crippen molar-refractivity contribution in [1.82, 2.24) is 29.8 Å². The van der Waals surface area contributed by atoms with Gasteiger partial charge in [-0.15, -0.1) is 0 Å². The first-order chi connectivity index (χ1) is 16.8. The van der Waals surface area contributed by atoms with Crippen molar-refractivity contribution in [2.24, 2.45) is 5.41 Å². The molecule has 35 heavy (non-hydrogen) atoms. The van der Waals surface area contributed by atoms with Crippen molar-refractivity contribution < 1.29 is 14.4 Å². The maximum atomic E-state index is 10.7. The van der Waals surface area contributed by atoms with Crippen LogP contribution in [-0.2, 0) is 30.7 Å². The Morgan fingerprint density at radius 3 is 2.94 bits per heavy atom. The number of carbonyl (C=O) groups is 1. The second-order valence-electron chi connectivity index (χ2n) is 9.85. The molecular weight excluding hydrogens is 468 g/mol. The number of hydrogen-bond donors (Lipinski definition) is 2. The SMILES string of the molecule is CCn1nc(-c2nc(-n3cc(Cl)c4cc(CNCCC(=O)O)ccc43)no2)c2c1CC(C)(C)CC2. The van der Waals surface area contributed by atoms with Crippen molar-refractivity contribution in [2.75, 3.05) is 6.54 Å². The Bertz CT molecular complexity index is 1400. The minimum absolute atomic E-state index is 0.0804. The number of fused-ring (bicyclic) bond motifs is 2. The molecule has 10 heteroatoms. The molecular formula is C25H29ClN6O3. The predicted molar refractivity (Wildman–Crippen MR) is 133 cm³/mol. The van der Waals surface area contributed by atoms with Gasteiger partial charge in [-0.1, -0.05) is 31.5 Å². The standard InChI is InChI=1S/C25H29ClN6O3/c1-4-32-20-12-25(2,3)9-7-16(20)22(29-32)23-28-24(30-35-23)31-14-18(26)17-11-15(5-6-19(17)31)13-27-10-8-21(33)34/h5-6,11,14,27H,4,7-10,12-13H2,1-3H3,(H,33,34). The zero-order valence-electron chi connectivity index (χ0n) is 20.1. The number of hydrogen-bond acceptors (Lipinski definition) is 6. The first-order valence-electron chi connectivity index (χ1n) is 11.9. The molecule has 2 N–H and O–H groups in total. The maximum Gasteiger partial charge on any atom is 0.304 e. The fourth-order valence-corrected chi connectivity index (χ4v) is 5.03. The molecule has 0 spiro atoms. The molecule has 0 saturated carbocycles. The Morgan fingerprint density at radius 1 is 1.34 bits per heavy atom. The van der Waals surface area contributed by atoms with E-state index in [0.717, 1.165) is 48.0 Å². The summed E-state index contributed by atoms with van der Waals surface area (Å²) in [5.74, 6) is -0.00101. The van der Waals surface area contributed by atoms with E-state index in [9.17, 15) is 4.79 Å².